The third kappa shape index (κ3) is 5.27. The first-order valence-electron chi connectivity index (χ1n) is 13.6. The lowest BCUT2D eigenvalue weighted by Crippen LogP contribution is -2.35. The zero-order valence-corrected chi connectivity index (χ0v) is 27.2. The number of unbranched alkanes of at least 4 members (excludes halogenated alkanes) is 2. The van der Waals surface area contributed by atoms with Gasteiger partial charge >= 0.3 is 10.2 Å². The van der Waals surface area contributed by atoms with Crippen LogP contribution in [0.2, 0.25) is 0 Å². The first kappa shape index (κ1) is 29.7. The van der Waals surface area contributed by atoms with E-state index in [1.54, 1.807) is 10.8 Å². The van der Waals surface area contributed by atoms with Crippen LogP contribution in [0.25, 0.3) is 5.00 Å². The Bertz CT molecular complexity index is 1170. The van der Waals surface area contributed by atoms with Gasteiger partial charge in [0.1, 0.15) is 27.2 Å². The van der Waals surface area contributed by atoms with Gasteiger partial charge in [-0.1, -0.05) is 59.8 Å². The predicted octanol–water partition coefficient (Wildman–Crippen LogP) is 8.00. The van der Waals surface area contributed by atoms with Crippen LogP contribution >= 0.6 is 43.2 Å². The van der Waals surface area contributed by atoms with E-state index < -0.39 is 10.9 Å². The van der Waals surface area contributed by atoms with Gasteiger partial charge in [-0.3, -0.25) is 19.1 Å². The number of carbonyl (C=O) groups is 4. The molecule has 2 aliphatic rings. The van der Waals surface area contributed by atoms with Crippen molar-refractivity contribution in [2.75, 3.05) is 12.3 Å². The summed E-state index contributed by atoms with van der Waals surface area (Å²) in [5.74, 6) is 0.540. The Balaban J connectivity index is 1.69. The van der Waals surface area contributed by atoms with Crippen LogP contribution in [-0.2, 0) is 10.9 Å². The van der Waals surface area contributed by atoms with E-state index in [2.05, 4.69) is 59.6 Å². The fourth-order valence-corrected chi connectivity index (χ4v) is 10.1. The molecule has 10 heteroatoms. The molecular formula is C28H35Br2N2O4S2+. The topological polar surface area (TPSA) is 76.5 Å². The van der Waals surface area contributed by atoms with Crippen LogP contribution in [0.1, 0.15) is 121 Å². The van der Waals surface area contributed by atoms with Gasteiger partial charge in [0.2, 0.25) is 0 Å². The van der Waals surface area contributed by atoms with Crippen LogP contribution in [-0.4, -0.2) is 43.8 Å². The van der Waals surface area contributed by atoms with Gasteiger partial charge in [0, 0.05) is 18.7 Å². The summed E-state index contributed by atoms with van der Waals surface area (Å²) in [6.45, 7) is 8.88. The Morgan fingerprint density at radius 2 is 1.45 bits per heavy atom. The molecule has 206 valence electrons. The van der Waals surface area contributed by atoms with Gasteiger partial charge in [0.05, 0.1) is 19.4 Å². The van der Waals surface area contributed by atoms with Crippen molar-refractivity contribution in [3.8, 4) is 5.00 Å². The van der Waals surface area contributed by atoms with E-state index >= 15 is 0 Å². The van der Waals surface area contributed by atoms with Crippen LogP contribution in [0.4, 0.5) is 0 Å². The maximum absolute atomic E-state index is 13.7. The van der Waals surface area contributed by atoms with Crippen molar-refractivity contribution in [1.82, 2.24) is 9.47 Å². The molecule has 2 aromatic heterocycles. The third-order valence-corrected chi connectivity index (χ3v) is 12.3. The number of aromatic nitrogens is 1. The molecule has 0 aromatic carbocycles. The standard InChI is InChI=1S/C28H35Br2N2O4S2/c1-5-9-11-16(7-3)13-32-24(33)20-21(25(32)34)26(37-23(20)30)31-14-18(29)19-22(31)28(36)38(27(19)35)15-17(8-4)12-10-6-2/h14,16-17H,5-13,15H2,1-4H3/q+1. The van der Waals surface area contributed by atoms with E-state index in [1.807, 2.05) is 0 Å². The van der Waals surface area contributed by atoms with Crippen LogP contribution in [0.15, 0.2) is 14.5 Å². The van der Waals surface area contributed by atoms with E-state index in [9.17, 15) is 19.2 Å². The van der Waals surface area contributed by atoms with Gasteiger partial charge in [0.25, 0.3) is 11.8 Å². The Morgan fingerprint density at radius 1 is 0.842 bits per heavy atom. The lowest BCUT2D eigenvalue weighted by Gasteiger charge is -2.21. The smallest absolute Gasteiger partial charge is 0.298 e. The van der Waals surface area contributed by atoms with Crippen molar-refractivity contribution in [2.24, 2.45) is 11.8 Å². The van der Waals surface area contributed by atoms with Crippen molar-refractivity contribution in [3.05, 3.63) is 36.8 Å². The summed E-state index contributed by atoms with van der Waals surface area (Å²) >= 11 is 8.30. The quantitative estimate of drug-likeness (QED) is 0.158. The molecule has 2 aliphatic heterocycles. The zero-order valence-electron chi connectivity index (χ0n) is 22.4. The minimum Gasteiger partial charge on any atom is -0.298 e. The molecule has 0 bridgehead atoms. The van der Waals surface area contributed by atoms with Crippen LogP contribution < -0.4 is 0 Å². The summed E-state index contributed by atoms with van der Waals surface area (Å²) in [6.07, 6.45) is 9.81. The third-order valence-electron chi connectivity index (χ3n) is 7.72. The minimum atomic E-state index is -1.03. The molecule has 0 N–H and O–H groups in total. The predicted molar refractivity (Wildman–Crippen MR) is 162 cm³/mol. The monoisotopic (exact) mass is 685 g/mol. The van der Waals surface area contributed by atoms with Crippen LogP contribution in [0.5, 0.6) is 0 Å². The van der Waals surface area contributed by atoms with Gasteiger partial charge in [-0.25, -0.2) is 9.59 Å². The number of carbonyl (C=O) groups excluding carboxylic acids is 4. The first-order valence-corrected chi connectivity index (χ1v) is 17.4. The number of halogens is 2. The molecule has 0 spiro atoms. The molecular weight excluding hydrogens is 652 g/mol. The molecule has 4 heterocycles. The summed E-state index contributed by atoms with van der Waals surface area (Å²) in [5, 5.41) is 0.229. The van der Waals surface area contributed by atoms with Gasteiger partial charge in [-0.15, -0.1) is 11.3 Å². The van der Waals surface area contributed by atoms with E-state index in [0.717, 1.165) is 51.4 Å². The van der Waals surface area contributed by atoms with E-state index in [-0.39, 0.29) is 28.0 Å². The summed E-state index contributed by atoms with van der Waals surface area (Å²) in [4.78, 5) is 55.6. The van der Waals surface area contributed by atoms with Crippen molar-refractivity contribution in [1.29, 1.82) is 0 Å². The number of rotatable bonds is 13. The zero-order chi connectivity index (χ0) is 27.7. The molecule has 0 saturated heterocycles. The van der Waals surface area contributed by atoms with E-state index in [4.69, 9.17) is 0 Å². The number of hydrogen-bond donors (Lipinski definition) is 0. The van der Waals surface area contributed by atoms with Gasteiger partial charge in [-0.05, 0) is 57.0 Å². The average molecular weight is 688 g/mol. The first-order chi connectivity index (χ1) is 18.2. The second-order valence-electron chi connectivity index (χ2n) is 10.2. The number of thiophene rings is 1. The minimum absolute atomic E-state index is 0.122. The van der Waals surface area contributed by atoms with Crippen LogP contribution in [0.3, 0.4) is 0 Å². The SMILES string of the molecule is CCCCC(CC)CN1C(=O)c2c(Br)sc(-n3cc(Br)c4c3C(=O)[S+](CC(CC)CCCC)C4=O)c2C1=O. The second kappa shape index (κ2) is 12.5. The molecule has 0 aliphatic carbocycles. The molecule has 2 amide bonds. The van der Waals surface area contributed by atoms with Crippen molar-refractivity contribution < 1.29 is 19.2 Å². The Hall–Kier alpha value is -1.23. The number of amides is 2. The highest BCUT2D eigenvalue weighted by atomic mass is 79.9. The summed E-state index contributed by atoms with van der Waals surface area (Å²) in [7, 11) is -1.03. The molecule has 38 heavy (non-hydrogen) atoms. The highest BCUT2D eigenvalue weighted by molar-refractivity contribution is 9.11. The van der Waals surface area contributed by atoms with Crippen LogP contribution in [0, 0.1) is 11.8 Å². The van der Waals surface area contributed by atoms with E-state index in [0.29, 0.717) is 53.9 Å². The Labute approximate surface area is 248 Å². The van der Waals surface area contributed by atoms with Crippen molar-refractivity contribution in [2.45, 2.75) is 79.1 Å². The van der Waals surface area contributed by atoms with E-state index in [1.165, 1.54) is 16.2 Å². The van der Waals surface area contributed by atoms with Gasteiger partial charge in [-0.2, -0.15) is 0 Å². The number of nitrogens with zero attached hydrogens (tertiary/aromatic N) is 2. The molecule has 6 nitrogen and oxygen atoms in total. The largest absolute Gasteiger partial charge is 0.388 e. The molecule has 0 radical (unpaired) electrons. The lowest BCUT2D eigenvalue weighted by atomic mass is 9.99. The second-order valence-corrected chi connectivity index (χ2v) is 15.2. The lowest BCUT2D eigenvalue weighted by molar-refractivity contribution is 0.0623. The van der Waals surface area contributed by atoms with Crippen molar-refractivity contribution >= 4 is 76.1 Å². The summed E-state index contributed by atoms with van der Waals surface area (Å²) < 4.78 is 2.81. The summed E-state index contributed by atoms with van der Waals surface area (Å²) in [6, 6.07) is 0. The molecule has 3 unspecified atom stereocenters. The molecule has 2 aromatic rings. The highest BCUT2D eigenvalue weighted by Gasteiger charge is 2.55. The molecule has 0 saturated carbocycles. The maximum atomic E-state index is 13.7. The number of fused-ring (bicyclic) bond motifs is 2. The highest BCUT2D eigenvalue weighted by Crippen LogP contribution is 2.45. The normalized spacial score (nSPS) is 18.5. The number of imide groups is 1. The van der Waals surface area contributed by atoms with Crippen molar-refractivity contribution in [3.63, 3.8) is 0 Å². The average Bonchev–Trinajstić information content (AvgIpc) is 3.57. The fourth-order valence-electron chi connectivity index (χ4n) is 5.29. The molecule has 3 atom stereocenters. The summed E-state index contributed by atoms with van der Waals surface area (Å²) in [5.41, 5.74) is 1.42. The number of hydrogen-bond acceptors (Lipinski definition) is 5. The van der Waals surface area contributed by atoms with Gasteiger partial charge in [0.15, 0.2) is 5.69 Å². The van der Waals surface area contributed by atoms with Gasteiger partial charge < -0.3 is 0 Å². The maximum Gasteiger partial charge on any atom is 0.388 e. The fraction of sp³-hybridized carbons (Fsp3) is 0.571. The molecule has 0 fully saturated rings. The molecule has 4 rings (SSSR count). The Morgan fingerprint density at radius 3 is 2.05 bits per heavy atom. The Kier molecular flexibility index (Phi) is 9.80.